The summed E-state index contributed by atoms with van der Waals surface area (Å²) >= 11 is 0. The number of nitrogens with zero attached hydrogens (tertiary/aromatic N) is 3. The Balaban J connectivity index is -0.0000000593. The summed E-state index contributed by atoms with van der Waals surface area (Å²) in [7, 11) is 0. The van der Waals surface area contributed by atoms with Crippen molar-refractivity contribution >= 4 is 5.97 Å². The van der Waals surface area contributed by atoms with Gasteiger partial charge >= 0.3 is 0 Å². The number of hydrogen-bond acceptors (Lipinski definition) is 5. The first-order chi connectivity index (χ1) is 9.49. The molecule has 0 aliphatic rings. The molecule has 0 spiro atoms. The first-order valence-electron chi connectivity index (χ1n) is 6.57. The highest BCUT2D eigenvalue weighted by Gasteiger charge is 1.89. The molecule has 0 aliphatic carbocycles. The second kappa shape index (κ2) is 31.4. The number of nitriles is 1. The van der Waals surface area contributed by atoms with Gasteiger partial charge in [-0.3, -0.25) is 9.78 Å². The number of carboxylic acid groups (broad SMARTS) is 1. The van der Waals surface area contributed by atoms with Crippen molar-refractivity contribution in [1.29, 1.82) is 5.26 Å². The summed E-state index contributed by atoms with van der Waals surface area (Å²) in [4.78, 5) is 15.2. The van der Waals surface area contributed by atoms with Crippen LogP contribution in [0.15, 0.2) is 30.6 Å². The minimum Gasteiger partial charge on any atom is -0.481 e. The van der Waals surface area contributed by atoms with Crippen LogP contribution >= 0.6 is 0 Å². The highest BCUT2D eigenvalue weighted by atomic mass is 16.4. The van der Waals surface area contributed by atoms with Gasteiger partial charge in [-0.15, -0.1) is 0 Å². The quantitative estimate of drug-likeness (QED) is 0.876. The number of carbonyl (C=O) groups is 1. The van der Waals surface area contributed by atoms with Crippen LogP contribution < -0.4 is 6.15 Å². The van der Waals surface area contributed by atoms with Crippen LogP contribution in [0.4, 0.5) is 0 Å². The summed E-state index contributed by atoms with van der Waals surface area (Å²) in [5, 5.41) is 14.7. The molecule has 0 saturated heterocycles. The molecule has 0 unspecified atom stereocenters. The van der Waals surface area contributed by atoms with Crippen LogP contribution in [-0.2, 0) is 4.79 Å². The summed E-state index contributed by atoms with van der Waals surface area (Å²) in [6.07, 6.45) is 3.50. The van der Waals surface area contributed by atoms with Gasteiger partial charge in [0.1, 0.15) is 0 Å². The van der Waals surface area contributed by atoms with Crippen molar-refractivity contribution in [2.75, 3.05) is 19.6 Å². The van der Waals surface area contributed by atoms with E-state index in [1.165, 1.54) is 26.6 Å². The molecular weight excluding hydrogens is 280 g/mol. The lowest BCUT2D eigenvalue weighted by molar-refractivity contribution is -0.134. The summed E-state index contributed by atoms with van der Waals surface area (Å²) < 4.78 is 0. The van der Waals surface area contributed by atoms with E-state index >= 15 is 0 Å². The van der Waals surface area contributed by atoms with Crippen LogP contribution in [0, 0.1) is 11.3 Å². The largest absolute Gasteiger partial charge is 0.481 e. The molecule has 0 atom stereocenters. The van der Waals surface area contributed by atoms with Gasteiger partial charge in [-0.2, -0.15) is 5.26 Å². The maximum Gasteiger partial charge on any atom is 0.300 e. The number of aliphatic carboxylic acids is 1. The molecule has 1 aromatic rings. The van der Waals surface area contributed by atoms with Gasteiger partial charge in [0.25, 0.3) is 5.97 Å². The van der Waals surface area contributed by atoms with Gasteiger partial charge < -0.3 is 16.2 Å². The normalized spacial score (nSPS) is 6.95. The van der Waals surface area contributed by atoms with Crippen LogP contribution in [0.2, 0.25) is 0 Å². The maximum atomic E-state index is 9.00. The van der Waals surface area contributed by atoms with Crippen LogP contribution in [0.1, 0.15) is 42.0 Å². The molecule has 1 aromatic heterocycles. The van der Waals surface area contributed by atoms with E-state index in [9.17, 15) is 0 Å². The second-order valence-electron chi connectivity index (χ2n) is 3.39. The van der Waals surface area contributed by atoms with E-state index < -0.39 is 5.97 Å². The smallest absolute Gasteiger partial charge is 0.300 e. The Morgan fingerprint density at radius 1 is 1.14 bits per heavy atom. The maximum absolute atomic E-state index is 9.00. The molecule has 130 valence electrons. The summed E-state index contributed by atoms with van der Waals surface area (Å²) in [6.45, 7) is 12.6. The predicted octanol–water partition coefficient (Wildman–Crippen LogP) is 3.85. The van der Waals surface area contributed by atoms with Crippen LogP contribution in [-0.4, -0.2) is 40.6 Å². The Labute approximate surface area is 136 Å². The molecule has 1 rings (SSSR count). The lowest BCUT2D eigenvalue weighted by Crippen LogP contribution is -2.21. The summed E-state index contributed by atoms with van der Waals surface area (Å²) in [5.74, 6) is -0.833. The molecule has 0 aromatic carbocycles. The Morgan fingerprint density at radius 3 is 1.45 bits per heavy atom. The molecule has 0 bridgehead atoms. The van der Waals surface area contributed by atoms with Gasteiger partial charge in [0, 0.05) is 26.2 Å². The third kappa shape index (κ3) is 52.0. The van der Waals surface area contributed by atoms with Gasteiger partial charge in [0.05, 0.1) is 6.07 Å². The molecule has 0 aliphatic heterocycles. The zero-order valence-corrected chi connectivity index (χ0v) is 13.9. The van der Waals surface area contributed by atoms with Gasteiger partial charge in [0.15, 0.2) is 0 Å². The molecule has 0 fully saturated rings. The standard InChI is InChI=1S/C6H15N.C5H5N.C2H3N.C2H4O2.CH4.H3N/c1-4-7(5-2)6-3;1-2-4-6-5-3-1;1-2-3;1-2(3)4;;/h4-6H2,1-3H3;1-5H;1H3;1H3,(H,3,4);1H4;1H3. The molecule has 22 heavy (non-hydrogen) atoms. The van der Waals surface area contributed by atoms with Gasteiger partial charge in [-0.1, -0.05) is 34.3 Å². The Kier molecular flexibility index (Phi) is 45.9. The monoisotopic (exact) mass is 314 g/mol. The van der Waals surface area contributed by atoms with E-state index in [1.807, 2.05) is 18.2 Å². The molecule has 4 N–H and O–H groups in total. The molecule has 6 heteroatoms. The van der Waals surface area contributed by atoms with Crippen molar-refractivity contribution < 1.29 is 9.90 Å². The number of carboxylic acids is 1. The van der Waals surface area contributed by atoms with E-state index in [2.05, 4.69) is 30.7 Å². The zero-order valence-electron chi connectivity index (χ0n) is 13.9. The van der Waals surface area contributed by atoms with Gasteiger partial charge in [-0.05, 0) is 31.8 Å². The molecule has 0 radical (unpaired) electrons. The van der Waals surface area contributed by atoms with E-state index in [4.69, 9.17) is 15.2 Å². The van der Waals surface area contributed by atoms with Crippen molar-refractivity contribution in [3.8, 4) is 6.07 Å². The van der Waals surface area contributed by atoms with Crippen molar-refractivity contribution in [3.63, 3.8) is 0 Å². The highest BCUT2D eigenvalue weighted by Crippen LogP contribution is 1.81. The first-order valence-corrected chi connectivity index (χ1v) is 6.57. The lowest BCUT2D eigenvalue weighted by atomic mass is 10.5. The molecule has 0 saturated carbocycles. The van der Waals surface area contributed by atoms with E-state index in [0.29, 0.717) is 0 Å². The predicted molar refractivity (Wildman–Crippen MR) is 94.0 cm³/mol. The van der Waals surface area contributed by atoms with Crippen LogP contribution in [0.25, 0.3) is 0 Å². The zero-order chi connectivity index (χ0) is 16.2. The first kappa shape index (κ1) is 32.1. The Bertz CT molecular complexity index is 286. The third-order valence-corrected chi connectivity index (χ3v) is 1.91. The molecule has 1 heterocycles. The number of rotatable bonds is 3. The van der Waals surface area contributed by atoms with Crippen LogP contribution in [0.3, 0.4) is 0 Å². The molecular formula is C16H34N4O2. The molecule has 0 amide bonds. The topological polar surface area (TPSA) is 112 Å². The van der Waals surface area contributed by atoms with Crippen molar-refractivity contribution in [1.82, 2.24) is 16.0 Å². The number of pyridine rings is 1. The minimum absolute atomic E-state index is 0. The van der Waals surface area contributed by atoms with E-state index in [1.54, 1.807) is 18.5 Å². The number of hydrogen-bond donors (Lipinski definition) is 2. The van der Waals surface area contributed by atoms with Crippen molar-refractivity contribution in [3.05, 3.63) is 30.6 Å². The van der Waals surface area contributed by atoms with Gasteiger partial charge in [-0.25, -0.2) is 0 Å². The highest BCUT2D eigenvalue weighted by molar-refractivity contribution is 5.62. The molecule has 6 nitrogen and oxygen atoms in total. The second-order valence-corrected chi connectivity index (χ2v) is 3.39. The van der Waals surface area contributed by atoms with E-state index in [0.717, 1.165) is 6.92 Å². The summed E-state index contributed by atoms with van der Waals surface area (Å²) in [6, 6.07) is 7.47. The van der Waals surface area contributed by atoms with Crippen LogP contribution in [0.5, 0.6) is 0 Å². The van der Waals surface area contributed by atoms with Crippen molar-refractivity contribution in [2.24, 2.45) is 0 Å². The fourth-order valence-corrected chi connectivity index (χ4v) is 0.983. The summed E-state index contributed by atoms with van der Waals surface area (Å²) in [5.41, 5.74) is 0. The average molecular weight is 314 g/mol. The third-order valence-electron chi connectivity index (χ3n) is 1.91. The van der Waals surface area contributed by atoms with Gasteiger partial charge in [0.2, 0.25) is 0 Å². The lowest BCUT2D eigenvalue weighted by Gasteiger charge is -2.13. The SMILES string of the molecule is C.CC#N.CC(=O)O.CCN(CC)CC.N.c1ccncc1. The fourth-order valence-electron chi connectivity index (χ4n) is 0.983. The Morgan fingerprint density at radius 2 is 1.41 bits per heavy atom. The minimum atomic E-state index is -0.833. The number of aromatic nitrogens is 1. The van der Waals surface area contributed by atoms with Crippen molar-refractivity contribution in [2.45, 2.75) is 42.0 Å². The average Bonchev–Trinajstić information content (AvgIpc) is 2.44. The fraction of sp³-hybridized carbons (Fsp3) is 0.562. The Hall–Kier alpha value is -1.97. The van der Waals surface area contributed by atoms with E-state index in [-0.39, 0.29) is 13.6 Å².